The van der Waals surface area contributed by atoms with Gasteiger partial charge in [-0.3, -0.25) is 4.79 Å². The maximum Gasteiger partial charge on any atom is 0.230 e. The third kappa shape index (κ3) is 3.58. The highest BCUT2D eigenvalue weighted by Gasteiger charge is 2.37. The minimum absolute atomic E-state index is 0.142. The van der Waals surface area contributed by atoms with E-state index in [-0.39, 0.29) is 11.9 Å². The van der Waals surface area contributed by atoms with E-state index in [0.29, 0.717) is 5.02 Å². The number of hydrogen-bond acceptors (Lipinski definition) is 2. The highest BCUT2D eigenvalue weighted by Crippen LogP contribution is 2.33. The molecule has 0 aromatic heterocycles. The van der Waals surface area contributed by atoms with Crippen molar-refractivity contribution < 1.29 is 4.79 Å². The molecule has 3 nitrogen and oxygen atoms in total. The molecule has 2 N–H and O–H groups in total. The molecular formula is C17H25ClN2O. The van der Waals surface area contributed by atoms with Crippen molar-refractivity contribution in [3.8, 4) is 0 Å². The highest BCUT2D eigenvalue weighted by atomic mass is 35.5. The molecule has 116 valence electrons. The fourth-order valence-corrected chi connectivity index (χ4v) is 3.30. The number of nitrogens with one attached hydrogen (secondary N) is 2. The molecule has 1 aliphatic rings. The average Bonchev–Trinajstić information content (AvgIpc) is 2.52. The summed E-state index contributed by atoms with van der Waals surface area (Å²) in [6.07, 6.45) is 3.76. The van der Waals surface area contributed by atoms with Gasteiger partial charge in [0.15, 0.2) is 0 Å². The second kappa shape index (κ2) is 7.28. The SMILES string of the molecule is CCC(CC)(C(=O)NC1CCCNC1)c1ccc(Cl)cc1. The molecule has 2 rings (SSSR count). The van der Waals surface area contributed by atoms with E-state index in [4.69, 9.17) is 11.6 Å². The smallest absolute Gasteiger partial charge is 0.230 e. The fraction of sp³-hybridized carbons (Fsp3) is 0.588. The number of halogens is 1. The van der Waals surface area contributed by atoms with Crippen LogP contribution in [0.15, 0.2) is 24.3 Å². The fourth-order valence-electron chi connectivity index (χ4n) is 3.18. The Morgan fingerprint density at radius 2 is 2.00 bits per heavy atom. The predicted octanol–water partition coefficient (Wildman–Crippen LogP) is 3.27. The first kappa shape index (κ1) is 16.3. The molecule has 1 aromatic carbocycles. The first-order valence-electron chi connectivity index (χ1n) is 7.90. The largest absolute Gasteiger partial charge is 0.351 e. The lowest BCUT2D eigenvalue weighted by atomic mass is 9.75. The summed E-state index contributed by atoms with van der Waals surface area (Å²) in [6.45, 7) is 6.08. The van der Waals surface area contributed by atoms with Crippen molar-refractivity contribution in [2.24, 2.45) is 0 Å². The zero-order valence-electron chi connectivity index (χ0n) is 12.9. The Bertz CT molecular complexity index is 462. The molecule has 1 saturated heterocycles. The van der Waals surface area contributed by atoms with Crippen molar-refractivity contribution in [1.82, 2.24) is 10.6 Å². The monoisotopic (exact) mass is 308 g/mol. The van der Waals surface area contributed by atoms with E-state index in [2.05, 4.69) is 24.5 Å². The third-order valence-corrected chi connectivity index (χ3v) is 4.92. The third-order valence-electron chi connectivity index (χ3n) is 4.67. The standard InChI is InChI=1S/C17H25ClN2O/c1-3-17(4-2,13-7-9-14(18)10-8-13)16(21)20-15-6-5-11-19-12-15/h7-10,15,19H,3-6,11-12H2,1-2H3,(H,20,21). The van der Waals surface area contributed by atoms with Crippen LogP contribution >= 0.6 is 11.6 Å². The minimum atomic E-state index is -0.456. The van der Waals surface area contributed by atoms with Crippen molar-refractivity contribution in [2.45, 2.75) is 51.0 Å². The van der Waals surface area contributed by atoms with Crippen molar-refractivity contribution in [1.29, 1.82) is 0 Å². The van der Waals surface area contributed by atoms with Crippen LogP contribution in [-0.4, -0.2) is 25.0 Å². The average molecular weight is 309 g/mol. The summed E-state index contributed by atoms with van der Waals surface area (Å²) in [6, 6.07) is 7.94. The summed E-state index contributed by atoms with van der Waals surface area (Å²) >= 11 is 5.97. The molecule has 1 unspecified atom stereocenters. The topological polar surface area (TPSA) is 41.1 Å². The minimum Gasteiger partial charge on any atom is -0.351 e. The van der Waals surface area contributed by atoms with Crippen molar-refractivity contribution in [3.63, 3.8) is 0 Å². The molecule has 0 aliphatic carbocycles. The van der Waals surface area contributed by atoms with Crippen molar-refractivity contribution >= 4 is 17.5 Å². The molecule has 1 amide bonds. The highest BCUT2D eigenvalue weighted by molar-refractivity contribution is 6.30. The van der Waals surface area contributed by atoms with Gasteiger partial charge in [0.05, 0.1) is 5.41 Å². The van der Waals surface area contributed by atoms with Crippen LogP contribution in [0.5, 0.6) is 0 Å². The van der Waals surface area contributed by atoms with Crippen LogP contribution in [0.3, 0.4) is 0 Å². The maximum absolute atomic E-state index is 12.9. The molecule has 0 radical (unpaired) electrons. The Morgan fingerprint density at radius 3 is 2.52 bits per heavy atom. The lowest BCUT2D eigenvalue weighted by Gasteiger charge is -2.34. The van der Waals surface area contributed by atoms with Gasteiger partial charge >= 0.3 is 0 Å². The van der Waals surface area contributed by atoms with E-state index in [1.807, 2.05) is 24.3 Å². The van der Waals surface area contributed by atoms with Crippen molar-refractivity contribution in [3.05, 3.63) is 34.9 Å². The Balaban J connectivity index is 2.19. The zero-order chi connectivity index (χ0) is 15.3. The quantitative estimate of drug-likeness (QED) is 0.876. The van der Waals surface area contributed by atoms with Crippen LogP contribution in [0.4, 0.5) is 0 Å². The number of rotatable bonds is 5. The number of hydrogen-bond donors (Lipinski definition) is 2. The summed E-state index contributed by atoms with van der Waals surface area (Å²) in [5, 5.41) is 7.29. The summed E-state index contributed by atoms with van der Waals surface area (Å²) in [5.74, 6) is 0.142. The van der Waals surface area contributed by atoms with E-state index in [1.165, 1.54) is 0 Å². The lowest BCUT2D eigenvalue weighted by Crippen LogP contribution is -2.52. The molecule has 1 aliphatic heterocycles. The molecule has 4 heteroatoms. The van der Waals surface area contributed by atoms with Gasteiger partial charge in [-0.05, 0) is 49.9 Å². The molecule has 1 aromatic rings. The Morgan fingerprint density at radius 1 is 1.33 bits per heavy atom. The Labute approximate surface area is 132 Å². The van der Waals surface area contributed by atoms with E-state index in [9.17, 15) is 4.79 Å². The summed E-state index contributed by atoms with van der Waals surface area (Å²) in [7, 11) is 0. The summed E-state index contributed by atoms with van der Waals surface area (Å²) in [5.41, 5.74) is 0.598. The van der Waals surface area contributed by atoms with Crippen LogP contribution in [0.1, 0.15) is 45.1 Å². The number of amides is 1. The number of carbonyl (C=O) groups excluding carboxylic acids is 1. The van der Waals surface area contributed by atoms with E-state index >= 15 is 0 Å². The number of piperidine rings is 1. The molecule has 1 atom stereocenters. The van der Waals surface area contributed by atoms with Crippen molar-refractivity contribution in [2.75, 3.05) is 13.1 Å². The zero-order valence-corrected chi connectivity index (χ0v) is 13.7. The Kier molecular flexibility index (Phi) is 5.65. The number of benzene rings is 1. The predicted molar refractivity (Wildman–Crippen MR) is 87.7 cm³/mol. The van der Waals surface area contributed by atoms with Crippen LogP contribution in [0, 0.1) is 0 Å². The maximum atomic E-state index is 12.9. The van der Waals surface area contributed by atoms with Gasteiger partial charge in [-0.1, -0.05) is 37.6 Å². The van der Waals surface area contributed by atoms with Gasteiger partial charge in [-0.2, -0.15) is 0 Å². The summed E-state index contributed by atoms with van der Waals surface area (Å²) < 4.78 is 0. The molecule has 0 bridgehead atoms. The van der Waals surface area contributed by atoms with Gasteiger partial charge < -0.3 is 10.6 Å². The van der Waals surface area contributed by atoms with Gasteiger partial charge in [0.25, 0.3) is 0 Å². The first-order valence-corrected chi connectivity index (χ1v) is 8.28. The van der Waals surface area contributed by atoms with Gasteiger partial charge in [-0.15, -0.1) is 0 Å². The van der Waals surface area contributed by atoms with Crippen LogP contribution < -0.4 is 10.6 Å². The first-order chi connectivity index (χ1) is 10.1. The Hall–Kier alpha value is -1.06. The van der Waals surface area contributed by atoms with Gasteiger partial charge in [0.2, 0.25) is 5.91 Å². The van der Waals surface area contributed by atoms with Gasteiger partial charge in [0, 0.05) is 17.6 Å². The summed E-state index contributed by atoms with van der Waals surface area (Å²) in [4.78, 5) is 12.9. The molecule has 0 saturated carbocycles. The normalized spacial score (nSPS) is 19.3. The van der Waals surface area contributed by atoms with E-state index in [1.54, 1.807) is 0 Å². The molecule has 21 heavy (non-hydrogen) atoms. The van der Waals surface area contributed by atoms with Gasteiger partial charge in [0.1, 0.15) is 0 Å². The molecular weight excluding hydrogens is 284 g/mol. The lowest BCUT2D eigenvalue weighted by molar-refractivity contribution is -0.128. The van der Waals surface area contributed by atoms with Crippen LogP contribution in [-0.2, 0) is 10.2 Å². The molecule has 0 spiro atoms. The molecule has 1 heterocycles. The molecule has 1 fully saturated rings. The number of carbonyl (C=O) groups is 1. The second-order valence-electron chi connectivity index (χ2n) is 5.81. The van der Waals surface area contributed by atoms with Crippen LogP contribution in [0.25, 0.3) is 0 Å². The van der Waals surface area contributed by atoms with Gasteiger partial charge in [-0.25, -0.2) is 0 Å². The van der Waals surface area contributed by atoms with E-state index in [0.717, 1.165) is 44.3 Å². The second-order valence-corrected chi connectivity index (χ2v) is 6.25. The van der Waals surface area contributed by atoms with Crippen LogP contribution in [0.2, 0.25) is 5.02 Å². The van der Waals surface area contributed by atoms with E-state index < -0.39 is 5.41 Å².